The number of hydrogen-bond acceptors (Lipinski definition) is 2. The fourth-order valence-electron chi connectivity index (χ4n) is 3.95. The number of hydrogen-bond donors (Lipinski definition) is 1. The summed E-state index contributed by atoms with van der Waals surface area (Å²) in [5.74, 6) is 0. The third kappa shape index (κ3) is 2.04. The van der Waals surface area contributed by atoms with Crippen LogP contribution < -0.4 is 5.69 Å². The van der Waals surface area contributed by atoms with E-state index in [1.807, 2.05) is 18.2 Å². The van der Waals surface area contributed by atoms with Gasteiger partial charge >= 0.3 is 5.69 Å². The highest BCUT2D eigenvalue weighted by Gasteiger charge is 2.39. The van der Waals surface area contributed by atoms with Gasteiger partial charge in [-0.2, -0.15) is 0 Å². The smallest absolute Gasteiger partial charge is 0.328 e. The van der Waals surface area contributed by atoms with Crippen LogP contribution in [-0.2, 0) is 14.1 Å². The van der Waals surface area contributed by atoms with Gasteiger partial charge in [-0.25, -0.2) is 4.79 Å². The van der Waals surface area contributed by atoms with Crippen molar-refractivity contribution in [2.24, 2.45) is 19.5 Å². The van der Waals surface area contributed by atoms with Gasteiger partial charge < -0.3 is 5.11 Å². The Morgan fingerprint density at radius 2 is 1.81 bits per heavy atom. The molecule has 114 valence electrons. The number of aryl methyl sites for hydroxylation is 2. The first-order valence-electron chi connectivity index (χ1n) is 7.83. The van der Waals surface area contributed by atoms with Crippen LogP contribution in [-0.4, -0.2) is 14.2 Å². The maximum Gasteiger partial charge on any atom is 0.328 e. The van der Waals surface area contributed by atoms with Crippen molar-refractivity contribution < 1.29 is 5.11 Å². The highest BCUT2D eigenvalue weighted by molar-refractivity contribution is 5.77. The molecule has 0 amide bonds. The van der Waals surface area contributed by atoms with E-state index in [4.69, 9.17) is 0 Å². The molecule has 0 bridgehead atoms. The molecule has 1 aliphatic rings. The molecule has 1 saturated carbocycles. The van der Waals surface area contributed by atoms with E-state index in [0.29, 0.717) is 0 Å². The van der Waals surface area contributed by atoms with Gasteiger partial charge in [0.1, 0.15) is 0 Å². The fourth-order valence-corrected chi connectivity index (χ4v) is 3.95. The minimum atomic E-state index is -0.440. The van der Waals surface area contributed by atoms with Gasteiger partial charge in [-0.05, 0) is 37.0 Å². The molecule has 1 aliphatic carbocycles. The second kappa shape index (κ2) is 5.02. The van der Waals surface area contributed by atoms with E-state index in [-0.39, 0.29) is 11.1 Å². The number of imidazole rings is 1. The monoisotopic (exact) mass is 288 g/mol. The Kier molecular flexibility index (Phi) is 3.44. The van der Waals surface area contributed by atoms with E-state index in [1.165, 1.54) is 12.8 Å². The van der Waals surface area contributed by atoms with Gasteiger partial charge in [0.2, 0.25) is 0 Å². The summed E-state index contributed by atoms with van der Waals surface area (Å²) in [6.45, 7) is 2.17. The normalized spacial score (nSPS) is 19.2. The van der Waals surface area contributed by atoms with Crippen LogP contribution in [0.4, 0.5) is 0 Å². The molecule has 0 saturated heterocycles. The Morgan fingerprint density at radius 3 is 2.43 bits per heavy atom. The van der Waals surface area contributed by atoms with E-state index >= 15 is 0 Å². The molecule has 1 aromatic heterocycles. The zero-order chi connectivity index (χ0) is 15.2. The van der Waals surface area contributed by atoms with E-state index in [0.717, 1.165) is 35.9 Å². The van der Waals surface area contributed by atoms with Crippen molar-refractivity contribution in [1.82, 2.24) is 9.13 Å². The van der Waals surface area contributed by atoms with Crippen molar-refractivity contribution in [2.45, 2.75) is 45.1 Å². The molecule has 4 nitrogen and oxygen atoms in total. The van der Waals surface area contributed by atoms with Gasteiger partial charge in [-0.3, -0.25) is 9.13 Å². The van der Waals surface area contributed by atoms with Crippen LogP contribution >= 0.6 is 0 Å². The third-order valence-electron chi connectivity index (χ3n) is 5.50. The highest BCUT2D eigenvalue weighted by Crippen LogP contribution is 2.50. The zero-order valence-corrected chi connectivity index (χ0v) is 13.1. The molecular weight excluding hydrogens is 264 g/mol. The summed E-state index contributed by atoms with van der Waals surface area (Å²) in [5, 5.41) is 10.9. The number of aliphatic hydroxyl groups is 1. The number of fused-ring (bicyclic) bond motifs is 1. The molecule has 1 atom stereocenters. The van der Waals surface area contributed by atoms with Crippen molar-refractivity contribution in [3.05, 3.63) is 34.2 Å². The van der Waals surface area contributed by atoms with Gasteiger partial charge in [0, 0.05) is 19.5 Å². The highest BCUT2D eigenvalue weighted by atomic mass is 16.3. The Morgan fingerprint density at radius 1 is 1.19 bits per heavy atom. The lowest BCUT2D eigenvalue weighted by Crippen LogP contribution is -2.25. The first-order chi connectivity index (χ1) is 10.00. The minimum absolute atomic E-state index is 0.0152. The van der Waals surface area contributed by atoms with Crippen molar-refractivity contribution in [2.75, 3.05) is 0 Å². The molecule has 3 rings (SSSR count). The van der Waals surface area contributed by atoms with Gasteiger partial charge in [-0.1, -0.05) is 25.8 Å². The maximum atomic E-state index is 12.0. The standard InChI is InChI=1S/C17H24N2O2/c1-4-17(9-5-6-10-17)15(20)12-7-8-13-14(11-12)19(3)16(21)18(13)2/h7-8,11,15,20H,4-6,9-10H2,1-3H3. The topological polar surface area (TPSA) is 47.2 Å². The number of rotatable bonds is 3. The van der Waals surface area contributed by atoms with Gasteiger partial charge in [0.05, 0.1) is 17.1 Å². The molecule has 21 heavy (non-hydrogen) atoms. The average molecular weight is 288 g/mol. The summed E-state index contributed by atoms with van der Waals surface area (Å²) < 4.78 is 3.30. The summed E-state index contributed by atoms with van der Waals surface area (Å²) in [4.78, 5) is 12.0. The summed E-state index contributed by atoms with van der Waals surface area (Å²) in [5.41, 5.74) is 2.73. The van der Waals surface area contributed by atoms with Gasteiger partial charge in [0.15, 0.2) is 0 Å². The predicted molar refractivity (Wildman–Crippen MR) is 84.3 cm³/mol. The maximum absolute atomic E-state index is 12.0. The second-order valence-corrected chi connectivity index (χ2v) is 6.47. The van der Waals surface area contributed by atoms with Crippen molar-refractivity contribution in [1.29, 1.82) is 0 Å². The van der Waals surface area contributed by atoms with Crippen LogP contribution in [0.1, 0.15) is 50.7 Å². The van der Waals surface area contributed by atoms with E-state index in [9.17, 15) is 9.90 Å². The average Bonchev–Trinajstić information content (AvgIpc) is 3.08. The van der Waals surface area contributed by atoms with Crippen LogP contribution in [0.2, 0.25) is 0 Å². The second-order valence-electron chi connectivity index (χ2n) is 6.47. The van der Waals surface area contributed by atoms with Crippen molar-refractivity contribution >= 4 is 11.0 Å². The molecule has 1 N–H and O–H groups in total. The van der Waals surface area contributed by atoms with Crippen LogP contribution in [0.25, 0.3) is 11.0 Å². The summed E-state index contributed by atoms with van der Waals surface area (Å²) in [6, 6.07) is 5.91. The predicted octanol–water partition coefficient (Wildman–Crippen LogP) is 2.88. The first kappa shape index (κ1) is 14.4. The number of nitrogens with zero attached hydrogens (tertiary/aromatic N) is 2. The summed E-state index contributed by atoms with van der Waals surface area (Å²) in [7, 11) is 3.57. The first-order valence-corrected chi connectivity index (χ1v) is 7.83. The van der Waals surface area contributed by atoms with E-state index in [2.05, 4.69) is 6.92 Å². The van der Waals surface area contributed by atoms with E-state index < -0.39 is 6.10 Å². The van der Waals surface area contributed by atoms with Crippen molar-refractivity contribution in [3.63, 3.8) is 0 Å². The molecule has 2 aromatic rings. The van der Waals surface area contributed by atoms with Crippen LogP contribution in [0.15, 0.2) is 23.0 Å². The molecule has 4 heteroatoms. The molecular formula is C17H24N2O2. The lowest BCUT2D eigenvalue weighted by Gasteiger charge is -2.33. The Bertz CT molecular complexity index is 720. The lowest BCUT2D eigenvalue weighted by atomic mass is 9.75. The van der Waals surface area contributed by atoms with Crippen LogP contribution in [0, 0.1) is 5.41 Å². The molecule has 1 aromatic carbocycles. The lowest BCUT2D eigenvalue weighted by molar-refractivity contribution is 0.0238. The number of aliphatic hydroxyl groups excluding tert-OH is 1. The molecule has 0 radical (unpaired) electrons. The quantitative estimate of drug-likeness (QED) is 0.944. The Hall–Kier alpha value is -1.55. The Balaban J connectivity index is 2.09. The third-order valence-corrected chi connectivity index (χ3v) is 5.50. The molecule has 0 spiro atoms. The largest absolute Gasteiger partial charge is 0.388 e. The number of benzene rings is 1. The molecule has 1 fully saturated rings. The van der Waals surface area contributed by atoms with Crippen LogP contribution in [0.3, 0.4) is 0 Å². The summed E-state index contributed by atoms with van der Waals surface area (Å²) in [6.07, 6.45) is 5.16. The number of aromatic nitrogens is 2. The van der Waals surface area contributed by atoms with Gasteiger partial charge in [-0.15, -0.1) is 0 Å². The fraction of sp³-hybridized carbons (Fsp3) is 0.588. The van der Waals surface area contributed by atoms with E-state index in [1.54, 1.807) is 23.2 Å². The van der Waals surface area contributed by atoms with Crippen molar-refractivity contribution in [3.8, 4) is 0 Å². The molecule has 0 aliphatic heterocycles. The zero-order valence-electron chi connectivity index (χ0n) is 13.1. The Labute approximate surface area is 125 Å². The minimum Gasteiger partial charge on any atom is -0.388 e. The van der Waals surface area contributed by atoms with Crippen LogP contribution in [0.5, 0.6) is 0 Å². The summed E-state index contributed by atoms with van der Waals surface area (Å²) >= 11 is 0. The molecule has 1 heterocycles. The molecule has 1 unspecified atom stereocenters. The SMILES string of the molecule is CCC1(C(O)c2ccc3c(c2)n(C)c(=O)n3C)CCCC1. The van der Waals surface area contributed by atoms with Gasteiger partial charge in [0.25, 0.3) is 0 Å².